The number of hydrogen-bond acceptors (Lipinski definition) is 5. The molecule has 2 aromatic rings. The minimum atomic E-state index is -0.505. The highest BCUT2D eigenvalue weighted by Crippen LogP contribution is 2.20. The van der Waals surface area contributed by atoms with Gasteiger partial charge in [0.2, 0.25) is 0 Å². The summed E-state index contributed by atoms with van der Waals surface area (Å²) in [5, 5.41) is 4.18. The minimum absolute atomic E-state index is 0.188. The molecule has 0 aliphatic rings. The van der Waals surface area contributed by atoms with Crippen LogP contribution < -0.4 is 5.56 Å². The number of benzene rings is 1. The molecule has 0 aliphatic heterocycles. The van der Waals surface area contributed by atoms with Crippen LogP contribution in [0.3, 0.4) is 0 Å². The number of carbonyl (C=O) groups is 1. The van der Waals surface area contributed by atoms with Crippen LogP contribution in [0.2, 0.25) is 0 Å². The van der Waals surface area contributed by atoms with Crippen molar-refractivity contribution in [2.24, 2.45) is 0 Å². The van der Waals surface area contributed by atoms with Gasteiger partial charge in [0.25, 0.3) is 5.56 Å². The second kappa shape index (κ2) is 6.38. The third-order valence-electron chi connectivity index (χ3n) is 2.76. The number of methoxy groups -OCH3 is 1. The van der Waals surface area contributed by atoms with E-state index in [1.165, 1.54) is 13.2 Å². The second-order valence-electron chi connectivity index (χ2n) is 4.02. The average molecular weight is 290 g/mol. The van der Waals surface area contributed by atoms with E-state index in [4.69, 9.17) is 0 Å². The van der Waals surface area contributed by atoms with Gasteiger partial charge in [-0.1, -0.05) is 12.1 Å². The van der Waals surface area contributed by atoms with Gasteiger partial charge in [-0.25, -0.2) is 4.68 Å². The molecule has 6 heteroatoms. The molecule has 0 fully saturated rings. The van der Waals surface area contributed by atoms with Crippen LogP contribution in [0.1, 0.15) is 0 Å². The van der Waals surface area contributed by atoms with E-state index in [2.05, 4.69) is 9.84 Å². The van der Waals surface area contributed by atoms with Gasteiger partial charge in [-0.15, -0.1) is 11.8 Å². The molecule has 0 saturated carbocycles. The Hall–Kier alpha value is -2.08. The molecule has 0 unspecified atom stereocenters. The number of ether oxygens (including phenoxy) is 1. The van der Waals surface area contributed by atoms with Crippen LogP contribution >= 0.6 is 11.8 Å². The maximum Gasteiger partial charge on any atom is 0.327 e. The highest BCUT2D eigenvalue weighted by atomic mass is 32.2. The molecule has 1 aromatic heterocycles. The maximum atomic E-state index is 11.6. The van der Waals surface area contributed by atoms with Crippen molar-refractivity contribution in [3.63, 3.8) is 0 Å². The average Bonchev–Trinajstić information content (AvgIpc) is 2.49. The quantitative estimate of drug-likeness (QED) is 0.635. The van der Waals surface area contributed by atoms with Gasteiger partial charge in [-0.3, -0.25) is 9.59 Å². The number of aromatic nitrogens is 2. The van der Waals surface area contributed by atoms with E-state index in [0.717, 1.165) is 15.1 Å². The molecule has 2 rings (SSSR count). The van der Waals surface area contributed by atoms with E-state index >= 15 is 0 Å². The lowest BCUT2D eigenvalue weighted by molar-refractivity contribution is -0.141. The van der Waals surface area contributed by atoms with E-state index in [1.54, 1.807) is 17.8 Å². The Kier molecular flexibility index (Phi) is 4.57. The summed E-state index contributed by atoms with van der Waals surface area (Å²) in [6.45, 7) is -0.188. The number of carbonyl (C=O) groups excluding carboxylic acids is 1. The molecule has 0 bridgehead atoms. The Labute approximate surface area is 120 Å². The van der Waals surface area contributed by atoms with Gasteiger partial charge >= 0.3 is 5.97 Å². The summed E-state index contributed by atoms with van der Waals surface area (Å²) in [7, 11) is 1.28. The first-order valence-electron chi connectivity index (χ1n) is 5.93. The Morgan fingerprint density at radius 1 is 1.25 bits per heavy atom. The van der Waals surface area contributed by atoms with E-state index < -0.39 is 5.97 Å². The fourth-order valence-corrected chi connectivity index (χ4v) is 2.07. The molecule has 0 saturated heterocycles. The molecule has 0 amide bonds. The molecule has 104 valence electrons. The summed E-state index contributed by atoms with van der Waals surface area (Å²) >= 11 is 1.65. The zero-order valence-corrected chi connectivity index (χ0v) is 12.0. The zero-order valence-electron chi connectivity index (χ0n) is 11.2. The second-order valence-corrected chi connectivity index (χ2v) is 4.90. The van der Waals surface area contributed by atoms with Gasteiger partial charge in [-0.2, -0.15) is 5.10 Å². The summed E-state index contributed by atoms with van der Waals surface area (Å²) in [6.07, 6.45) is 2.00. The first-order chi connectivity index (χ1) is 9.63. The first-order valence-corrected chi connectivity index (χ1v) is 7.16. The zero-order chi connectivity index (χ0) is 14.5. The van der Waals surface area contributed by atoms with Crippen LogP contribution in [0, 0.1) is 0 Å². The number of nitrogens with zero attached hydrogens (tertiary/aromatic N) is 2. The largest absolute Gasteiger partial charge is 0.468 e. The Balaban J connectivity index is 2.34. The van der Waals surface area contributed by atoms with Crippen LogP contribution in [0.15, 0.2) is 46.1 Å². The molecule has 20 heavy (non-hydrogen) atoms. The Bertz CT molecular complexity index is 665. The van der Waals surface area contributed by atoms with Crippen LogP contribution in [-0.4, -0.2) is 29.1 Å². The van der Waals surface area contributed by atoms with Crippen molar-refractivity contribution in [2.75, 3.05) is 13.4 Å². The van der Waals surface area contributed by atoms with Gasteiger partial charge in [0.15, 0.2) is 0 Å². The smallest absolute Gasteiger partial charge is 0.327 e. The molecule has 0 radical (unpaired) electrons. The summed E-state index contributed by atoms with van der Waals surface area (Å²) in [6, 6.07) is 10.9. The molecule has 1 heterocycles. The van der Waals surface area contributed by atoms with Gasteiger partial charge in [0.1, 0.15) is 6.54 Å². The fourth-order valence-electron chi connectivity index (χ4n) is 1.66. The monoisotopic (exact) mass is 290 g/mol. The molecule has 0 aliphatic carbocycles. The molecule has 5 nitrogen and oxygen atoms in total. The predicted octanol–water partition coefficient (Wildman–Crippen LogP) is 1.81. The lowest BCUT2D eigenvalue weighted by atomic mass is 10.1. The molecular formula is C14H14N2O3S. The third kappa shape index (κ3) is 3.27. The Morgan fingerprint density at radius 2 is 1.95 bits per heavy atom. The topological polar surface area (TPSA) is 61.2 Å². The summed E-state index contributed by atoms with van der Waals surface area (Å²) < 4.78 is 5.64. The number of hydrogen-bond donors (Lipinski definition) is 0. The third-order valence-corrected chi connectivity index (χ3v) is 3.50. The van der Waals surface area contributed by atoms with Crippen LogP contribution in [-0.2, 0) is 16.1 Å². The summed E-state index contributed by atoms with van der Waals surface area (Å²) in [5.41, 5.74) is 1.20. The lowest BCUT2D eigenvalue weighted by Gasteiger charge is -2.06. The van der Waals surface area contributed by atoms with Crippen molar-refractivity contribution in [2.45, 2.75) is 11.4 Å². The van der Waals surface area contributed by atoms with E-state index in [9.17, 15) is 9.59 Å². The van der Waals surface area contributed by atoms with E-state index in [-0.39, 0.29) is 12.1 Å². The molecule has 0 N–H and O–H groups in total. The van der Waals surface area contributed by atoms with Gasteiger partial charge in [-0.05, 0) is 24.5 Å². The van der Waals surface area contributed by atoms with Crippen molar-refractivity contribution in [3.05, 3.63) is 46.8 Å². The summed E-state index contributed by atoms with van der Waals surface area (Å²) in [4.78, 5) is 24.0. The van der Waals surface area contributed by atoms with Gasteiger partial charge < -0.3 is 4.74 Å². The van der Waals surface area contributed by atoms with Crippen molar-refractivity contribution in [1.29, 1.82) is 0 Å². The van der Waals surface area contributed by atoms with Crippen LogP contribution in [0.25, 0.3) is 11.3 Å². The van der Waals surface area contributed by atoms with E-state index in [1.807, 2.05) is 30.5 Å². The number of rotatable bonds is 4. The van der Waals surface area contributed by atoms with Crippen LogP contribution in [0.4, 0.5) is 0 Å². The van der Waals surface area contributed by atoms with Gasteiger partial charge in [0, 0.05) is 16.5 Å². The SMILES string of the molecule is COC(=O)Cn1nc(-c2ccc(SC)cc2)ccc1=O. The van der Waals surface area contributed by atoms with Crippen molar-refractivity contribution >= 4 is 17.7 Å². The molecule has 0 spiro atoms. The van der Waals surface area contributed by atoms with Crippen LogP contribution in [0.5, 0.6) is 0 Å². The van der Waals surface area contributed by atoms with Crippen molar-refractivity contribution in [3.8, 4) is 11.3 Å². The minimum Gasteiger partial charge on any atom is -0.468 e. The fraction of sp³-hybridized carbons (Fsp3) is 0.214. The van der Waals surface area contributed by atoms with Crippen molar-refractivity contribution in [1.82, 2.24) is 9.78 Å². The standard InChI is InChI=1S/C14H14N2O3S/c1-19-14(18)9-16-13(17)8-7-12(15-16)10-3-5-11(20-2)6-4-10/h3-8H,9H2,1-2H3. The van der Waals surface area contributed by atoms with Gasteiger partial charge in [0.05, 0.1) is 12.8 Å². The van der Waals surface area contributed by atoms with E-state index in [0.29, 0.717) is 5.69 Å². The summed E-state index contributed by atoms with van der Waals surface area (Å²) in [5.74, 6) is -0.505. The predicted molar refractivity (Wildman–Crippen MR) is 77.7 cm³/mol. The van der Waals surface area contributed by atoms with Crippen molar-refractivity contribution < 1.29 is 9.53 Å². The lowest BCUT2D eigenvalue weighted by Crippen LogP contribution is -2.26. The first kappa shape index (κ1) is 14.3. The highest BCUT2D eigenvalue weighted by Gasteiger charge is 2.07. The molecular weight excluding hydrogens is 276 g/mol. The number of esters is 1. The normalized spacial score (nSPS) is 10.3. The highest BCUT2D eigenvalue weighted by molar-refractivity contribution is 7.98. The Morgan fingerprint density at radius 3 is 2.55 bits per heavy atom. The maximum absolute atomic E-state index is 11.6. The number of thioether (sulfide) groups is 1. The molecule has 0 atom stereocenters. The molecule has 1 aromatic carbocycles.